The van der Waals surface area contributed by atoms with Gasteiger partial charge in [0.15, 0.2) is 0 Å². The molecule has 3 rings (SSSR count). The molecular weight excluding hydrogens is 448 g/mol. The minimum Gasteiger partial charge on any atom is -0.402 e. The van der Waals surface area contributed by atoms with Crippen molar-refractivity contribution in [3.05, 3.63) is 72.8 Å². The van der Waals surface area contributed by atoms with Crippen molar-refractivity contribution in [1.29, 1.82) is 0 Å². The van der Waals surface area contributed by atoms with E-state index in [4.69, 9.17) is 4.43 Å². The summed E-state index contributed by atoms with van der Waals surface area (Å²) in [6.45, 7) is 16.2. The molecule has 1 aliphatic rings. The van der Waals surface area contributed by atoms with Crippen molar-refractivity contribution >= 4 is 18.7 Å². The van der Waals surface area contributed by atoms with Gasteiger partial charge in [0.2, 0.25) is 0 Å². The molecule has 2 aromatic carbocycles. The van der Waals surface area contributed by atoms with Crippen molar-refractivity contribution in [2.75, 3.05) is 13.2 Å². The van der Waals surface area contributed by atoms with Gasteiger partial charge in [0.25, 0.3) is 8.32 Å². The van der Waals surface area contributed by atoms with Gasteiger partial charge < -0.3 is 14.6 Å². The summed E-state index contributed by atoms with van der Waals surface area (Å²) in [7, 11) is -2.72. The molecule has 1 saturated carbocycles. The molecule has 35 heavy (non-hydrogen) atoms. The predicted octanol–water partition coefficient (Wildman–Crippen LogP) is 5.70. The second-order valence-electron chi connectivity index (χ2n) is 11.8. The molecule has 0 radical (unpaired) electrons. The van der Waals surface area contributed by atoms with E-state index in [9.17, 15) is 10.2 Å². The second kappa shape index (κ2) is 11.6. The van der Waals surface area contributed by atoms with Gasteiger partial charge in [0, 0.05) is 6.61 Å². The number of rotatable bonds is 10. The van der Waals surface area contributed by atoms with Gasteiger partial charge in [-0.15, -0.1) is 0 Å². The third kappa shape index (κ3) is 5.66. The van der Waals surface area contributed by atoms with Gasteiger partial charge in [-0.2, -0.15) is 0 Å². The summed E-state index contributed by atoms with van der Waals surface area (Å²) in [6.07, 6.45) is 4.52. The molecule has 0 bridgehead atoms. The fraction of sp³-hybridized carbons (Fsp3) is 0.548. The highest BCUT2D eigenvalue weighted by Crippen LogP contribution is 2.51. The Morgan fingerprint density at radius 2 is 1.54 bits per heavy atom. The first-order valence-electron chi connectivity index (χ1n) is 13.3. The van der Waals surface area contributed by atoms with E-state index in [0.29, 0.717) is 11.8 Å². The zero-order chi connectivity index (χ0) is 25.7. The Morgan fingerprint density at radius 1 is 1.00 bits per heavy atom. The third-order valence-electron chi connectivity index (χ3n) is 8.69. The zero-order valence-electron chi connectivity index (χ0n) is 22.5. The van der Waals surface area contributed by atoms with Crippen LogP contribution >= 0.6 is 0 Å². The van der Waals surface area contributed by atoms with Gasteiger partial charge >= 0.3 is 0 Å². The molecule has 0 spiro atoms. The van der Waals surface area contributed by atoms with Crippen molar-refractivity contribution in [3.63, 3.8) is 0 Å². The number of benzene rings is 2. The number of hydrogen-bond donors (Lipinski definition) is 2. The van der Waals surface area contributed by atoms with Gasteiger partial charge in [-0.05, 0) is 64.8 Å². The van der Waals surface area contributed by atoms with Crippen LogP contribution in [0.5, 0.6) is 0 Å². The summed E-state index contributed by atoms with van der Waals surface area (Å²) in [6, 6.07) is 21.3. The lowest BCUT2D eigenvalue weighted by atomic mass is 9.59. The molecule has 3 nitrogen and oxygen atoms in total. The van der Waals surface area contributed by atoms with Crippen LogP contribution in [0.2, 0.25) is 5.04 Å². The zero-order valence-corrected chi connectivity index (χ0v) is 23.5. The Labute approximate surface area is 214 Å². The Hall–Kier alpha value is -1.72. The van der Waals surface area contributed by atoms with Crippen LogP contribution in [0.1, 0.15) is 66.7 Å². The lowest BCUT2D eigenvalue weighted by Crippen LogP contribution is -2.68. The summed E-state index contributed by atoms with van der Waals surface area (Å²) in [5.74, 6) is 0.906. The van der Waals surface area contributed by atoms with Crippen LogP contribution in [-0.4, -0.2) is 37.8 Å². The number of allylic oxidation sites excluding steroid dienone is 1. The molecule has 192 valence electrons. The second-order valence-corrected chi connectivity index (χ2v) is 16.0. The van der Waals surface area contributed by atoms with Crippen LogP contribution in [0.15, 0.2) is 72.8 Å². The Bertz CT molecular complexity index is 897. The van der Waals surface area contributed by atoms with Crippen molar-refractivity contribution in [1.82, 2.24) is 0 Å². The van der Waals surface area contributed by atoms with Crippen molar-refractivity contribution in [2.45, 2.75) is 77.9 Å². The smallest absolute Gasteiger partial charge is 0.261 e. The largest absolute Gasteiger partial charge is 0.402 e. The highest BCUT2D eigenvalue weighted by atomic mass is 28.4. The SMILES string of the molecule is C=C1[C@H](CCO)CC[C@H](C)[C@@]1(C)CC[C@@H](CO)O[Si](c1ccccc1)(c1ccccc1)C(C)(C)C. The molecular formula is C31H46O3Si. The molecule has 0 aliphatic heterocycles. The van der Waals surface area contributed by atoms with Crippen molar-refractivity contribution < 1.29 is 14.6 Å². The molecule has 4 heteroatoms. The molecule has 0 unspecified atom stereocenters. The monoisotopic (exact) mass is 494 g/mol. The Balaban J connectivity index is 1.94. The van der Waals surface area contributed by atoms with Crippen LogP contribution in [-0.2, 0) is 4.43 Å². The van der Waals surface area contributed by atoms with Crippen LogP contribution in [0.3, 0.4) is 0 Å². The summed E-state index contributed by atoms with van der Waals surface area (Å²) in [5.41, 5.74) is 1.26. The third-order valence-corrected chi connectivity index (χ3v) is 13.8. The molecule has 0 saturated heterocycles. The van der Waals surface area contributed by atoms with E-state index in [0.717, 1.165) is 32.1 Å². The van der Waals surface area contributed by atoms with Crippen LogP contribution < -0.4 is 10.4 Å². The highest BCUT2D eigenvalue weighted by molar-refractivity contribution is 6.99. The molecule has 0 aromatic heterocycles. The molecule has 2 aromatic rings. The Morgan fingerprint density at radius 3 is 2.00 bits per heavy atom. The Kier molecular flexibility index (Phi) is 9.20. The van der Waals surface area contributed by atoms with E-state index in [1.165, 1.54) is 15.9 Å². The predicted molar refractivity (Wildman–Crippen MR) is 150 cm³/mol. The maximum atomic E-state index is 10.6. The quantitative estimate of drug-likeness (QED) is 0.329. The van der Waals surface area contributed by atoms with Crippen molar-refractivity contribution in [3.8, 4) is 0 Å². The lowest BCUT2D eigenvalue weighted by Gasteiger charge is -2.48. The summed E-state index contributed by atoms with van der Waals surface area (Å²) in [4.78, 5) is 0. The number of aliphatic hydroxyl groups excluding tert-OH is 2. The van der Waals surface area contributed by atoms with E-state index >= 15 is 0 Å². The van der Waals surface area contributed by atoms with Crippen LogP contribution in [0.25, 0.3) is 0 Å². The van der Waals surface area contributed by atoms with Gasteiger partial charge in [-0.1, -0.05) is 107 Å². The standard InChI is InChI=1S/C31H46O3Si/c1-24-17-18-26(20-22-32)25(2)31(24,6)21-19-27(23-33)34-35(30(3,4)5,28-13-9-7-10-14-28)29-15-11-8-12-16-29/h7-16,24,26-27,32-33H,2,17-23H2,1,3-6H3/t24-,26-,27-,31+/m0/s1. The summed E-state index contributed by atoms with van der Waals surface area (Å²) < 4.78 is 7.22. The maximum absolute atomic E-state index is 10.6. The summed E-state index contributed by atoms with van der Waals surface area (Å²) >= 11 is 0. The van der Waals surface area contributed by atoms with Crippen LogP contribution in [0.4, 0.5) is 0 Å². The minimum absolute atomic E-state index is 0.00149. The first-order chi connectivity index (χ1) is 16.6. The van der Waals surface area contributed by atoms with Crippen molar-refractivity contribution in [2.24, 2.45) is 17.3 Å². The minimum atomic E-state index is -2.72. The fourth-order valence-electron chi connectivity index (χ4n) is 6.20. The van der Waals surface area contributed by atoms with Gasteiger partial charge in [0.1, 0.15) is 0 Å². The average Bonchev–Trinajstić information content (AvgIpc) is 2.85. The number of hydrogen-bond acceptors (Lipinski definition) is 3. The van der Waals surface area contributed by atoms with E-state index in [1.807, 2.05) is 0 Å². The van der Waals surface area contributed by atoms with Gasteiger partial charge in [0.05, 0.1) is 12.7 Å². The van der Waals surface area contributed by atoms with E-state index in [2.05, 4.69) is 102 Å². The normalized spacial score (nSPS) is 24.4. The van der Waals surface area contributed by atoms with Crippen LogP contribution in [0, 0.1) is 17.3 Å². The molecule has 0 heterocycles. The molecule has 1 aliphatic carbocycles. The number of aliphatic hydroxyl groups is 2. The topological polar surface area (TPSA) is 49.7 Å². The fourth-order valence-corrected chi connectivity index (χ4v) is 10.9. The molecule has 0 amide bonds. The van der Waals surface area contributed by atoms with E-state index in [-0.39, 0.29) is 29.8 Å². The van der Waals surface area contributed by atoms with E-state index < -0.39 is 8.32 Å². The molecule has 2 N–H and O–H groups in total. The molecule has 4 atom stereocenters. The van der Waals surface area contributed by atoms with Gasteiger partial charge in [-0.25, -0.2) is 0 Å². The first-order valence-corrected chi connectivity index (χ1v) is 15.2. The van der Waals surface area contributed by atoms with Gasteiger partial charge in [-0.3, -0.25) is 0 Å². The average molecular weight is 495 g/mol. The molecule has 1 fully saturated rings. The first kappa shape index (κ1) is 27.9. The highest BCUT2D eigenvalue weighted by Gasteiger charge is 2.51. The maximum Gasteiger partial charge on any atom is 0.261 e. The van der Waals surface area contributed by atoms with E-state index in [1.54, 1.807) is 0 Å². The lowest BCUT2D eigenvalue weighted by molar-refractivity contribution is 0.0712. The summed E-state index contributed by atoms with van der Waals surface area (Å²) in [5, 5.41) is 22.5.